The van der Waals surface area contributed by atoms with Crippen LogP contribution in [0.2, 0.25) is 0 Å². The van der Waals surface area contributed by atoms with E-state index in [4.69, 9.17) is 18.9 Å². The molecule has 0 fully saturated rings. The number of hydrogen-bond acceptors (Lipinski definition) is 10. The Bertz CT molecular complexity index is 1030. The third kappa shape index (κ3) is 22.9. The van der Waals surface area contributed by atoms with Crippen LogP contribution in [0.5, 0.6) is 0 Å². The van der Waals surface area contributed by atoms with E-state index >= 15 is 0 Å². The third-order valence-electron chi connectivity index (χ3n) is 5.34. The van der Waals surface area contributed by atoms with E-state index in [0.29, 0.717) is 26.4 Å². The van der Waals surface area contributed by atoms with Crippen molar-refractivity contribution in [3.8, 4) is 0 Å². The minimum absolute atomic E-state index is 0. The number of benzene rings is 4. The average Bonchev–Trinajstić information content (AvgIpc) is 3.11. The van der Waals surface area contributed by atoms with Crippen LogP contribution in [-0.4, -0.2) is 56.0 Å². The van der Waals surface area contributed by atoms with Crippen molar-refractivity contribution in [3.63, 3.8) is 0 Å². The van der Waals surface area contributed by atoms with Crippen LogP contribution in [0.1, 0.15) is 27.7 Å². The first-order valence-electron chi connectivity index (χ1n) is 15.3. The van der Waals surface area contributed by atoms with Crippen LogP contribution in [0.25, 0.3) is 0 Å². The lowest BCUT2D eigenvalue weighted by Gasteiger charge is -2.18. The summed E-state index contributed by atoms with van der Waals surface area (Å²) in [5, 5.41) is 0. The Morgan fingerprint density at radius 2 is 0.596 bits per heavy atom. The minimum atomic E-state index is -0.116. The van der Waals surface area contributed by atoms with Crippen LogP contribution < -0.4 is 0 Å². The highest BCUT2D eigenvalue weighted by Gasteiger charge is 2.11. The van der Waals surface area contributed by atoms with E-state index in [-0.39, 0.29) is 18.1 Å². The monoisotopic (exact) mass is 752 g/mol. The molecule has 47 heavy (non-hydrogen) atoms. The third-order valence-corrected chi connectivity index (χ3v) is 12.5. The smallest absolute Gasteiger partial charge is 0.167 e. The Morgan fingerprint density at radius 3 is 0.787 bits per heavy atom. The van der Waals surface area contributed by atoms with Gasteiger partial charge in [0.1, 0.15) is 0 Å². The van der Waals surface area contributed by atoms with Gasteiger partial charge in [-0.1, -0.05) is 138 Å². The van der Waals surface area contributed by atoms with Gasteiger partial charge in [0, 0.05) is 46.0 Å². The van der Waals surface area contributed by atoms with E-state index in [1.54, 1.807) is 64.8 Å². The summed E-state index contributed by atoms with van der Waals surface area (Å²) in [6.45, 7) is 10.6. The maximum atomic E-state index is 5.47. The van der Waals surface area contributed by atoms with Crippen molar-refractivity contribution >= 4 is 64.8 Å². The SMILES string of the molecule is CCOC(CSSCC(OCC)OCC)OCC.O.c1ccc(SSc2ccccc2)cc1.c1ccc(SSc2ccccc2)cc1. The molecule has 0 bridgehead atoms. The van der Waals surface area contributed by atoms with Crippen molar-refractivity contribution in [1.29, 1.82) is 0 Å². The molecule has 4 aromatic rings. The summed E-state index contributed by atoms with van der Waals surface area (Å²) in [5.74, 6) is 1.63. The first-order chi connectivity index (χ1) is 22.7. The van der Waals surface area contributed by atoms with E-state index in [0.717, 1.165) is 11.5 Å². The highest BCUT2D eigenvalue weighted by molar-refractivity contribution is 8.77. The quantitative estimate of drug-likeness (QED) is 0.0525. The molecule has 0 unspecified atom stereocenters. The van der Waals surface area contributed by atoms with Crippen molar-refractivity contribution in [2.75, 3.05) is 37.9 Å². The maximum absolute atomic E-state index is 5.47. The summed E-state index contributed by atoms with van der Waals surface area (Å²) >= 11 is 0. The highest BCUT2D eigenvalue weighted by atomic mass is 33.1. The molecular formula is C36H48O5S6. The molecule has 0 aromatic heterocycles. The zero-order chi connectivity index (χ0) is 32.9. The summed E-state index contributed by atoms with van der Waals surface area (Å²) in [6, 6.07) is 41.7. The zero-order valence-corrected chi connectivity index (χ0v) is 32.4. The second-order valence-corrected chi connectivity index (χ2v) is 15.9. The predicted octanol–water partition coefficient (Wildman–Crippen LogP) is 11.3. The molecule has 0 radical (unpaired) electrons. The van der Waals surface area contributed by atoms with Crippen molar-refractivity contribution in [1.82, 2.24) is 0 Å². The molecule has 0 saturated heterocycles. The molecule has 2 N–H and O–H groups in total. The summed E-state index contributed by atoms with van der Waals surface area (Å²) in [4.78, 5) is 5.17. The second kappa shape index (κ2) is 30.8. The van der Waals surface area contributed by atoms with E-state index < -0.39 is 0 Å². The molecule has 258 valence electrons. The molecule has 0 aliphatic carbocycles. The van der Waals surface area contributed by atoms with Crippen molar-refractivity contribution < 1.29 is 24.4 Å². The summed E-state index contributed by atoms with van der Waals surface area (Å²) in [7, 11) is 10.6. The molecule has 0 spiro atoms. The molecule has 0 heterocycles. The van der Waals surface area contributed by atoms with Gasteiger partial charge >= 0.3 is 0 Å². The molecule has 0 saturated carbocycles. The summed E-state index contributed by atoms with van der Waals surface area (Å²) < 4.78 is 21.9. The van der Waals surface area contributed by atoms with Gasteiger partial charge in [-0.25, -0.2) is 0 Å². The lowest BCUT2D eigenvalue weighted by molar-refractivity contribution is -0.120. The average molecular weight is 753 g/mol. The molecule has 4 aromatic carbocycles. The van der Waals surface area contributed by atoms with Gasteiger partial charge in [0.2, 0.25) is 0 Å². The summed E-state index contributed by atoms with van der Waals surface area (Å²) in [6.07, 6.45) is -0.231. The predicted molar refractivity (Wildman–Crippen MR) is 212 cm³/mol. The number of rotatable bonds is 19. The zero-order valence-electron chi connectivity index (χ0n) is 27.5. The van der Waals surface area contributed by atoms with Gasteiger partial charge in [-0.05, 0) is 76.2 Å². The summed E-state index contributed by atoms with van der Waals surface area (Å²) in [5.41, 5.74) is 0. The fourth-order valence-electron chi connectivity index (χ4n) is 3.34. The fraction of sp³-hybridized carbons (Fsp3) is 0.333. The molecule has 0 aliphatic heterocycles. The van der Waals surface area contributed by atoms with Gasteiger partial charge in [-0.3, -0.25) is 0 Å². The van der Waals surface area contributed by atoms with Crippen LogP contribution in [0.15, 0.2) is 141 Å². The van der Waals surface area contributed by atoms with Gasteiger partial charge in [-0.2, -0.15) is 0 Å². The second-order valence-electron chi connectivity index (χ2n) is 8.84. The Morgan fingerprint density at radius 1 is 0.383 bits per heavy atom. The topological polar surface area (TPSA) is 68.4 Å². The van der Waals surface area contributed by atoms with E-state index in [2.05, 4.69) is 97.1 Å². The first kappa shape index (κ1) is 43.8. The number of hydrogen-bond donors (Lipinski definition) is 0. The van der Waals surface area contributed by atoms with Gasteiger partial charge in [0.15, 0.2) is 12.6 Å². The molecule has 0 amide bonds. The Labute approximate surface area is 306 Å². The molecule has 0 atom stereocenters. The van der Waals surface area contributed by atoms with Gasteiger partial charge < -0.3 is 24.4 Å². The van der Waals surface area contributed by atoms with E-state index in [1.165, 1.54) is 19.6 Å². The van der Waals surface area contributed by atoms with E-state index in [9.17, 15) is 0 Å². The van der Waals surface area contributed by atoms with Crippen LogP contribution in [0.4, 0.5) is 0 Å². The fourth-order valence-corrected chi connectivity index (χ4v) is 9.33. The lowest BCUT2D eigenvalue weighted by Crippen LogP contribution is -2.21. The largest absolute Gasteiger partial charge is 0.412 e. The van der Waals surface area contributed by atoms with Crippen LogP contribution in [-0.2, 0) is 18.9 Å². The van der Waals surface area contributed by atoms with Crippen molar-refractivity contribution in [2.45, 2.75) is 59.9 Å². The van der Waals surface area contributed by atoms with Crippen molar-refractivity contribution in [2.24, 2.45) is 0 Å². The highest BCUT2D eigenvalue weighted by Crippen LogP contribution is 2.37. The normalized spacial score (nSPS) is 10.4. The number of ether oxygens (including phenoxy) is 4. The minimum Gasteiger partial charge on any atom is -0.412 e. The van der Waals surface area contributed by atoms with Gasteiger partial charge in [0.05, 0.1) is 11.5 Å². The standard InChI is InChI=1S/C12H26O4S2.2C12H10S2.H2O/c1-5-13-11(14-6-2)9-17-18-10-12(15-7-3)16-8-4;2*1-3-7-11(8-4-1)13-14-12-9-5-2-6-10-12;/h11-12H,5-10H2,1-4H3;2*1-10H;1H2. The van der Waals surface area contributed by atoms with Crippen LogP contribution in [0, 0.1) is 0 Å². The van der Waals surface area contributed by atoms with Crippen LogP contribution in [0.3, 0.4) is 0 Å². The first-order valence-corrected chi connectivity index (χ1v) is 22.1. The van der Waals surface area contributed by atoms with Crippen LogP contribution >= 0.6 is 64.8 Å². The molecule has 11 heteroatoms. The lowest BCUT2D eigenvalue weighted by atomic mass is 10.4. The maximum Gasteiger partial charge on any atom is 0.167 e. The van der Waals surface area contributed by atoms with E-state index in [1.807, 2.05) is 52.0 Å². The molecule has 4 rings (SSSR count). The molecule has 0 aliphatic rings. The Balaban J connectivity index is 0.000000351. The van der Waals surface area contributed by atoms with Gasteiger partial charge in [0.25, 0.3) is 0 Å². The molecular weight excluding hydrogens is 705 g/mol. The Kier molecular flexibility index (Phi) is 28.7. The Hall–Kier alpha value is -1.22. The van der Waals surface area contributed by atoms with Crippen molar-refractivity contribution in [3.05, 3.63) is 121 Å². The van der Waals surface area contributed by atoms with Gasteiger partial charge in [-0.15, -0.1) is 0 Å². The molecule has 5 nitrogen and oxygen atoms in total.